The summed E-state index contributed by atoms with van der Waals surface area (Å²) in [6.45, 7) is 6.26. The van der Waals surface area contributed by atoms with Crippen LogP contribution in [0.25, 0.3) is 6.08 Å². The standard InChI is InChI=1S/C21H24N2O/c1-16(10-17-6-3-2-4-7-17)12-22-13-18-11-19(15-22)20-8-5-9-21(24)23(20)14-18/h2-10,18-19H,11-15H2,1H3/b16-10+. The van der Waals surface area contributed by atoms with Crippen molar-refractivity contribution in [3.63, 3.8) is 0 Å². The molecule has 24 heavy (non-hydrogen) atoms. The molecule has 2 aliphatic rings. The zero-order valence-corrected chi connectivity index (χ0v) is 14.2. The molecule has 1 aromatic heterocycles. The van der Waals surface area contributed by atoms with E-state index < -0.39 is 0 Å². The van der Waals surface area contributed by atoms with Gasteiger partial charge in [0.2, 0.25) is 0 Å². The fourth-order valence-corrected chi connectivity index (χ4v) is 4.36. The van der Waals surface area contributed by atoms with Gasteiger partial charge in [0.25, 0.3) is 5.56 Å². The molecule has 2 atom stereocenters. The Kier molecular flexibility index (Phi) is 4.11. The normalized spacial score (nSPS) is 23.8. The first-order chi connectivity index (χ1) is 11.7. The van der Waals surface area contributed by atoms with Crippen molar-refractivity contribution in [2.75, 3.05) is 19.6 Å². The Morgan fingerprint density at radius 3 is 2.75 bits per heavy atom. The fourth-order valence-electron chi connectivity index (χ4n) is 4.36. The maximum absolute atomic E-state index is 12.1. The second kappa shape index (κ2) is 6.40. The van der Waals surface area contributed by atoms with Crippen molar-refractivity contribution in [3.05, 3.63) is 75.7 Å². The Balaban J connectivity index is 1.50. The van der Waals surface area contributed by atoms with E-state index in [-0.39, 0.29) is 5.56 Å². The van der Waals surface area contributed by atoms with E-state index in [4.69, 9.17) is 0 Å². The molecule has 3 heterocycles. The lowest BCUT2D eigenvalue weighted by molar-refractivity contribution is 0.129. The summed E-state index contributed by atoms with van der Waals surface area (Å²) in [4.78, 5) is 14.7. The first kappa shape index (κ1) is 15.4. The van der Waals surface area contributed by atoms with E-state index in [9.17, 15) is 4.79 Å². The van der Waals surface area contributed by atoms with Crippen LogP contribution in [0.1, 0.15) is 30.5 Å². The highest BCUT2D eigenvalue weighted by atomic mass is 16.1. The van der Waals surface area contributed by atoms with Gasteiger partial charge in [-0.3, -0.25) is 9.69 Å². The molecule has 1 fully saturated rings. The van der Waals surface area contributed by atoms with Gasteiger partial charge in [0, 0.05) is 43.9 Å². The summed E-state index contributed by atoms with van der Waals surface area (Å²) in [6, 6.07) is 16.3. The minimum absolute atomic E-state index is 0.163. The second-order valence-electron chi connectivity index (χ2n) is 7.29. The average molecular weight is 320 g/mol. The van der Waals surface area contributed by atoms with Crippen molar-refractivity contribution in [1.29, 1.82) is 0 Å². The quantitative estimate of drug-likeness (QED) is 0.866. The van der Waals surface area contributed by atoms with Crippen molar-refractivity contribution in [3.8, 4) is 0 Å². The number of hydrogen-bond donors (Lipinski definition) is 0. The molecular formula is C21H24N2O. The molecule has 0 saturated carbocycles. The van der Waals surface area contributed by atoms with Crippen molar-refractivity contribution >= 4 is 6.08 Å². The number of aromatic nitrogens is 1. The van der Waals surface area contributed by atoms with E-state index >= 15 is 0 Å². The van der Waals surface area contributed by atoms with Crippen LogP contribution in [-0.4, -0.2) is 29.1 Å². The van der Waals surface area contributed by atoms with Gasteiger partial charge >= 0.3 is 0 Å². The predicted octanol–water partition coefficient (Wildman–Crippen LogP) is 3.37. The van der Waals surface area contributed by atoms with Gasteiger partial charge in [-0.15, -0.1) is 0 Å². The Labute approximate surface area is 143 Å². The third kappa shape index (κ3) is 3.09. The lowest BCUT2D eigenvalue weighted by Crippen LogP contribution is -2.47. The molecule has 1 aromatic carbocycles. The first-order valence-corrected chi connectivity index (χ1v) is 8.83. The number of piperidine rings is 1. The molecule has 0 aliphatic carbocycles. The predicted molar refractivity (Wildman–Crippen MR) is 98.1 cm³/mol. The summed E-state index contributed by atoms with van der Waals surface area (Å²) < 4.78 is 2.00. The van der Waals surface area contributed by atoms with Gasteiger partial charge in [0.1, 0.15) is 0 Å². The Bertz CT molecular complexity index is 806. The molecule has 4 rings (SSSR count). The molecule has 2 aromatic rings. The van der Waals surface area contributed by atoms with Gasteiger partial charge in [-0.1, -0.05) is 48.0 Å². The van der Waals surface area contributed by atoms with Gasteiger partial charge in [-0.25, -0.2) is 0 Å². The molecular weight excluding hydrogens is 296 g/mol. The Morgan fingerprint density at radius 1 is 1.08 bits per heavy atom. The summed E-state index contributed by atoms with van der Waals surface area (Å²) in [7, 11) is 0. The van der Waals surface area contributed by atoms with Crippen LogP contribution < -0.4 is 5.56 Å². The van der Waals surface area contributed by atoms with Crippen molar-refractivity contribution in [2.45, 2.75) is 25.8 Å². The smallest absolute Gasteiger partial charge is 0.250 e. The zero-order chi connectivity index (χ0) is 16.5. The van der Waals surface area contributed by atoms with Gasteiger partial charge in [-0.2, -0.15) is 0 Å². The van der Waals surface area contributed by atoms with Crippen LogP contribution in [0, 0.1) is 5.92 Å². The summed E-state index contributed by atoms with van der Waals surface area (Å²) in [5.41, 5.74) is 4.06. The highest BCUT2D eigenvalue weighted by molar-refractivity contribution is 5.52. The largest absolute Gasteiger partial charge is 0.312 e. The average Bonchev–Trinajstić information content (AvgIpc) is 2.56. The highest BCUT2D eigenvalue weighted by Crippen LogP contribution is 2.35. The van der Waals surface area contributed by atoms with Crippen molar-refractivity contribution in [1.82, 2.24) is 9.47 Å². The lowest BCUT2D eigenvalue weighted by atomic mass is 9.83. The molecule has 2 aliphatic heterocycles. The van der Waals surface area contributed by atoms with Gasteiger partial charge in [0.15, 0.2) is 0 Å². The van der Waals surface area contributed by atoms with Crippen LogP contribution in [0.3, 0.4) is 0 Å². The van der Waals surface area contributed by atoms with Gasteiger partial charge < -0.3 is 4.57 Å². The maximum Gasteiger partial charge on any atom is 0.250 e. The van der Waals surface area contributed by atoms with E-state index in [2.05, 4.69) is 54.3 Å². The molecule has 0 N–H and O–H groups in total. The summed E-state index contributed by atoms with van der Waals surface area (Å²) in [5.74, 6) is 1.09. The number of rotatable bonds is 3. The SMILES string of the molecule is C/C(=C\c1ccccc1)CN1CC2CC(C1)c1cccc(=O)n1C2. The molecule has 3 nitrogen and oxygen atoms in total. The number of likely N-dealkylation sites (tertiary alicyclic amines) is 1. The monoisotopic (exact) mass is 320 g/mol. The van der Waals surface area contributed by atoms with Gasteiger partial charge in [0.05, 0.1) is 0 Å². The minimum atomic E-state index is 0.163. The van der Waals surface area contributed by atoms with E-state index in [0.29, 0.717) is 11.8 Å². The Hall–Kier alpha value is -2.13. The summed E-state index contributed by atoms with van der Waals surface area (Å²) in [6.07, 6.45) is 3.50. The molecule has 3 heteroatoms. The maximum atomic E-state index is 12.1. The van der Waals surface area contributed by atoms with E-state index in [1.54, 1.807) is 6.07 Å². The van der Waals surface area contributed by atoms with Crippen LogP contribution in [-0.2, 0) is 6.54 Å². The molecule has 124 valence electrons. The van der Waals surface area contributed by atoms with Crippen LogP contribution >= 0.6 is 0 Å². The third-order valence-electron chi connectivity index (χ3n) is 5.24. The summed E-state index contributed by atoms with van der Waals surface area (Å²) in [5, 5.41) is 0. The number of nitrogens with zero attached hydrogens (tertiary/aromatic N) is 2. The fraction of sp³-hybridized carbons (Fsp3) is 0.381. The molecule has 0 amide bonds. The highest BCUT2D eigenvalue weighted by Gasteiger charge is 2.34. The lowest BCUT2D eigenvalue weighted by Gasteiger charge is -2.43. The first-order valence-electron chi connectivity index (χ1n) is 8.83. The minimum Gasteiger partial charge on any atom is -0.312 e. The molecule has 2 bridgehead atoms. The van der Waals surface area contributed by atoms with Crippen LogP contribution in [0.4, 0.5) is 0 Å². The third-order valence-corrected chi connectivity index (χ3v) is 5.24. The molecule has 0 spiro atoms. The molecule has 0 radical (unpaired) electrons. The topological polar surface area (TPSA) is 25.2 Å². The summed E-state index contributed by atoms with van der Waals surface area (Å²) >= 11 is 0. The molecule has 2 unspecified atom stereocenters. The van der Waals surface area contributed by atoms with Crippen molar-refractivity contribution in [2.24, 2.45) is 5.92 Å². The number of hydrogen-bond acceptors (Lipinski definition) is 2. The number of benzene rings is 1. The van der Waals surface area contributed by atoms with E-state index in [1.807, 2.05) is 10.6 Å². The van der Waals surface area contributed by atoms with E-state index in [1.165, 1.54) is 23.3 Å². The van der Waals surface area contributed by atoms with Crippen LogP contribution in [0.2, 0.25) is 0 Å². The molecule has 1 saturated heterocycles. The van der Waals surface area contributed by atoms with Crippen molar-refractivity contribution < 1.29 is 0 Å². The second-order valence-corrected chi connectivity index (χ2v) is 7.29. The number of fused-ring (bicyclic) bond motifs is 4. The van der Waals surface area contributed by atoms with Gasteiger partial charge in [-0.05, 0) is 30.9 Å². The van der Waals surface area contributed by atoms with Crippen LogP contribution in [0.15, 0.2) is 58.9 Å². The number of pyridine rings is 1. The Morgan fingerprint density at radius 2 is 1.92 bits per heavy atom. The van der Waals surface area contributed by atoms with Crippen LogP contribution in [0.5, 0.6) is 0 Å². The zero-order valence-electron chi connectivity index (χ0n) is 14.2. The van der Waals surface area contributed by atoms with E-state index in [0.717, 1.165) is 26.2 Å².